The fraction of sp³-hybridized carbons (Fsp3) is 0.348. The standard InChI is InChI=1S/C23H28N2O4/c1-16-7-5-6-8-18(16)13-24-20(26)15-29-21(27)14-25-22(28)17-9-11-19(12-10-17)23(2,3)4/h5-12H,13-15H2,1-4H3,(H,24,26)(H,25,28). The Morgan fingerprint density at radius 2 is 1.59 bits per heavy atom. The van der Waals surface area contributed by atoms with E-state index in [0.717, 1.165) is 16.7 Å². The zero-order valence-electron chi connectivity index (χ0n) is 17.4. The van der Waals surface area contributed by atoms with E-state index < -0.39 is 11.9 Å². The molecule has 0 aliphatic carbocycles. The largest absolute Gasteiger partial charge is 0.454 e. The Morgan fingerprint density at radius 3 is 2.21 bits per heavy atom. The van der Waals surface area contributed by atoms with Crippen LogP contribution in [0.2, 0.25) is 0 Å². The summed E-state index contributed by atoms with van der Waals surface area (Å²) in [5, 5.41) is 5.20. The zero-order chi connectivity index (χ0) is 21.4. The van der Waals surface area contributed by atoms with Gasteiger partial charge < -0.3 is 15.4 Å². The number of amides is 2. The van der Waals surface area contributed by atoms with Crippen LogP contribution in [0.5, 0.6) is 0 Å². The summed E-state index contributed by atoms with van der Waals surface area (Å²) in [6.45, 7) is 7.91. The van der Waals surface area contributed by atoms with Crippen molar-refractivity contribution in [2.24, 2.45) is 0 Å². The first kappa shape index (κ1) is 22.1. The lowest BCUT2D eigenvalue weighted by atomic mass is 9.87. The summed E-state index contributed by atoms with van der Waals surface area (Å²) in [6.07, 6.45) is 0. The lowest BCUT2D eigenvalue weighted by molar-refractivity contribution is -0.147. The van der Waals surface area contributed by atoms with Gasteiger partial charge in [-0.15, -0.1) is 0 Å². The normalized spacial score (nSPS) is 10.9. The van der Waals surface area contributed by atoms with Crippen LogP contribution < -0.4 is 10.6 Å². The smallest absolute Gasteiger partial charge is 0.325 e. The molecule has 0 saturated carbocycles. The van der Waals surface area contributed by atoms with E-state index in [0.29, 0.717) is 12.1 Å². The fourth-order valence-electron chi connectivity index (χ4n) is 2.63. The van der Waals surface area contributed by atoms with Crippen LogP contribution in [0.25, 0.3) is 0 Å². The molecular weight excluding hydrogens is 368 g/mol. The van der Waals surface area contributed by atoms with Crippen molar-refractivity contribution in [2.45, 2.75) is 39.7 Å². The minimum atomic E-state index is -0.671. The minimum Gasteiger partial charge on any atom is -0.454 e. The van der Waals surface area contributed by atoms with E-state index in [2.05, 4.69) is 31.4 Å². The number of aryl methyl sites for hydroxylation is 1. The van der Waals surface area contributed by atoms with Crippen molar-refractivity contribution < 1.29 is 19.1 Å². The Morgan fingerprint density at radius 1 is 0.931 bits per heavy atom. The molecule has 0 saturated heterocycles. The summed E-state index contributed by atoms with van der Waals surface area (Å²) in [5.41, 5.74) is 3.64. The highest BCUT2D eigenvalue weighted by Crippen LogP contribution is 2.22. The van der Waals surface area contributed by atoms with Gasteiger partial charge in [-0.05, 0) is 41.2 Å². The van der Waals surface area contributed by atoms with Gasteiger partial charge in [-0.2, -0.15) is 0 Å². The fourth-order valence-corrected chi connectivity index (χ4v) is 2.63. The molecule has 0 aliphatic rings. The third-order valence-electron chi connectivity index (χ3n) is 4.51. The molecule has 0 aliphatic heterocycles. The summed E-state index contributed by atoms with van der Waals surface area (Å²) in [4.78, 5) is 35.8. The van der Waals surface area contributed by atoms with Gasteiger partial charge in [0.25, 0.3) is 11.8 Å². The molecule has 0 unspecified atom stereocenters. The predicted octanol–water partition coefficient (Wildman–Crippen LogP) is 2.88. The number of hydrogen-bond acceptors (Lipinski definition) is 4. The maximum absolute atomic E-state index is 12.1. The molecule has 2 rings (SSSR count). The monoisotopic (exact) mass is 396 g/mol. The van der Waals surface area contributed by atoms with Crippen LogP contribution in [-0.2, 0) is 26.3 Å². The number of benzene rings is 2. The van der Waals surface area contributed by atoms with Gasteiger partial charge in [0.15, 0.2) is 6.61 Å². The van der Waals surface area contributed by atoms with E-state index in [1.54, 1.807) is 12.1 Å². The van der Waals surface area contributed by atoms with Gasteiger partial charge in [0, 0.05) is 12.1 Å². The molecular formula is C23H28N2O4. The van der Waals surface area contributed by atoms with Crippen LogP contribution in [0.4, 0.5) is 0 Å². The molecule has 0 atom stereocenters. The molecule has 6 heteroatoms. The summed E-state index contributed by atoms with van der Waals surface area (Å²) in [6, 6.07) is 14.9. The van der Waals surface area contributed by atoms with Gasteiger partial charge in [0.05, 0.1) is 0 Å². The summed E-state index contributed by atoms with van der Waals surface area (Å²) in [5.74, 6) is -1.44. The van der Waals surface area contributed by atoms with Crippen LogP contribution in [0.15, 0.2) is 48.5 Å². The number of hydrogen-bond donors (Lipinski definition) is 2. The second-order valence-electron chi connectivity index (χ2n) is 7.87. The van der Waals surface area contributed by atoms with Crippen LogP contribution in [0, 0.1) is 6.92 Å². The van der Waals surface area contributed by atoms with Gasteiger partial charge in [-0.1, -0.05) is 57.2 Å². The summed E-state index contributed by atoms with van der Waals surface area (Å²) >= 11 is 0. The zero-order valence-corrected chi connectivity index (χ0v) is 17.4. The van der Waals surface area contributed by atoms with E-state index >= 15 is 0 Å². The van der Waals surface area contributed by atoms with Gasteiger partial charge in [-0.3, -0.25) is 14.4 Å². The van der Waals surface area contributed by atoms with Gasteiger partial charge in [0.2, 0.25) is 0 Å². The Hall–Kier alpha value is -3.15. The lowest BCUT2D eigenvalue weighted by Gasteiger charge is -2.19. The molecule has 0 heterocycles. The maximum Gasteiger partial charge on any atom is 0.325 e. The van der Waals surface area contributed by atoms with E-state index in [1.807, 2.05) is 43.3 Å². The van der Waals surface area contributed by atoms with E-state index in [-0.39, 0.29) is 24.5 Å². The van der Waals surface area contributed by atoms with Crippen LogP contribution in [-0.4, -0.2) is 30.9 Å². The number of esters is 1. The van der Waals surface area contributed by atoms with E-state index in [1.165, 1.54) is 0 Å². The summed E-state index contributed by atoms with van der Waals surface area (Å²) in [7, 11) is 0. The number of ether oxygens (including phenoxy) is 1. The average Bonchev–Trinajstić information content (AvgIpc) is 2.69. The SMILES string of the molecule is Cc1ccccc1CNC(=O)COC(=O)CNC(=O)c1ccc(C(C)(C)C)cc1. The van der Waals surface area contributed by atoms with Crippen molar-refractivity contribution in [1.82, 2.24) is 10.6 Å². The molecule has 0 fully saturated rings. The Balaban J connectivity index is 1.71. The van der Waals surface area contributed by atoms with Crippen LogP contribution in [0.1, 0.15) is 47.8 Å². The molecule has 154 valence electrons. The van der Waals surface area contributed by atoms with Crippen molar-refractivity contribution in [3.8, 4) is 0 Å². The maximum atomic E-state index is 12.1. The van der Waals surface area contributed by atoms with E-state index in [9.17, 15) is 14.4 Å². The van der Waals surface area contributed by atoms with Crippen LogP contribution in [0.3, 0.4) is 0 Å². The molecule has 2 amide bonds. The lowest BCUT2D eigenvalue weighted by Crippen LogP contribution is -2.33. The highest BCUT2D eigenvalue weighted by Gasteiger charge is 2.15. The van der Waals surface area contributed by atoms with Crippen molar-refractivity contribution in [2.75, 3.05) is 13.2 Å². The number of carbonyl (C=O) groups excluding carboxylic acids is 3. The van der Waals surface area contributed by atoms with Gasteiger partial charge >= 0.3 is 5.97 Å². The van der Waals surface area contributed by atoms with E-state index in [4.69, 9.17) is 4.74 Å². The molecule has 2 aromatic carbocycles. The third kappa shape index (κ3) is 7.07. The second-order valence-corrected chi connectivity index (χ2v) is 7.87. The second kappa shape index (κ2) is 9.87. The third-order valence-corrected chi connectivity index (χ3v) is 4.51. The topological polar surface area (TPSA) is 84.5 Å². The first-order valence-electron chi connectivity index (χ1n) is 9.52. The number of nitrogens with one attached hydrogen (secondary N) is 2. The minimum absolute atomic E-state index is 0.00140. The quantitative estimate of drug-likeness (QED) is 0.705. The molecule has 6 nitrogen and oxygen atoms in total. The first-order valence-corrected chi connectivity index (χ1v) is 9.52. The predicted molar refractivity (Wildman–Crippen MR) is 111 cm³/mol. The average molecular weight is 396 g/mol. The van der Waals surface area contributed by atoms with Crippen molar-refractivity contribution in [3.63, 3.8) is 0 Å². The van der Waals surface area contributed by atoms with Gasteiger partial charge in [-0.25, -0.2) is 0 Å². The molecule has 2 aromatic rings. The molecule has 0 radical (unpaired) electrons. The van der Waals surface area contributed by atoms with Crippen molar-refractivity contribution in [1.29, 1.82) is 0 Å². The van der Waals surface area contributed by atoms with Crippen molar-refractivity contribution in [3.05, 3.63) is 70.8 Å². The molecule has 0 spiro atoms. The molecule has 2 N–H and O–H groups in total. The Kier molecular flexibility index (Phi) is 7.53. The molecule has 0 aromatic heterocycles. The molecule has 29 heavy (non-hydrogen) atoms. The van der Waals surface area contributed by atoms with Crippen LogP contribution >= 0.6 is 0 Å². The van der Waals surface area contributed by atoms with Gasteiger partial charge in [0.1, 0.15) is 6.54 Å². The Labute approximate surface area is 171 Å². The van der Waals surface area contributed by atoms with Crippen molar-refractivity contribution >= 4 is 17.8 Å². The highest BCUT2D eigenvalue weighted by molar-refractivity contribution is 5.96. The highest BCUT2D eigenvalue weighted by atomic mass is 16.5. The molecule has 0 bridgehead atoms. The first-order chi connectivity index (χ1) is 13.7. The Bertz CT molecular complexity index is 867. The summed E-state index contributed by atoms with van der Waals surface area (Å²) < 4.78 is 4.91. The number of rotatable bonds is 7. The number of carbonyl (C=O) groups is 3.